The molecule has 8 heteroatoms. The molecule has 3 aromatic rings. The summed E-state index contributed by atoms with van der Waals surface area (Å²) in [6.45, 7) is 1.73. The van der Waals surface area contributed by atoms with Crippen LogP contribution in [0.15, 0.2) is 54.7 Å². The summed E-state index contributed by atoms with van der Waals surface area (Å²) < 4.78 is 5.61. The van der Waals surface area contributed by atoms with E-state index in [2.05, 4.69) is 20.1 Å². The Kier molecular flexibility index (Phi) is 7.96. The molecule has 0 fully saturated rings. The van der Waals surface area contributed by atoms with Crippen LogP contribution in [0.3, 0.4) is 0 Å². The lowest BCUT2D eigenvalue weighted by Gasteiger charge is -2.24. The molecule has 0 amide bonds. The lowest BCUT2D eigenvalue weighted by atomic mass is 10.0. The molecule has 0 radical (unpaired) electrons. The lowest BCUT2D eigenvalue weighted by Crippen LogP contribution is -2.29. The smallest absolute Gasteiger partial charge is 0.193 e. The van der Waals surface area contributed by atoms with Crippen molar-refractivity contribution in [1.29, 1.82) is 0 Å². The highest BCUT2D eigenvalue weighted by atomic mass is 16.5. The van der Waals surface area contributed by atoms with Crippen LogP contribution in [0.25, 0.3) is 0 Å². The third-order valence-electron chi connectivity index (χ3n) is 5.57. The van der Waals surface area contributed by atoms with Gasteiger partial charge in [0, 0.05) is 63.3 Å². The van der Waals surface area contributed by atoms with Crippen molar-refractivity contribution in [2.45, 2.75) is 0 Å². The quantitative estimate of drug-likeness (QED) is 0.348. The number of benzene rings is 2. The highest BCUT2D eigenvalue weighted by molar-refractivity contribution is 6.09. The molecule has 0 atom stereocenters. The molecule has 1 aromatic heterocycles. The minimum Gasteiger partial charge on any atom is -0.494 e. The molecule has 0 aliphatic rings. The van der Waals surface area contributed by atoms with E-state index in [1.807, 2.05) is 76.5 Å². The molecule has 2 aromatic carbocycles. The number of hydrogen-bond donors (Lipinski definition) is 2. The van der Waals surface area contributed by atoms with Crippen molar-refractivity contribution >= 4 is 34.4 Å². The van der Waals surface area contributed by atoms with Crippen molar-refractivity contribution in [2.24, 2.45) is 0 Å². The topological polar surface area (TPSA) is 87.0 Å². The van der Waals surface area contributed by atoms with Crippen molar-refractivity contribution in [3.05, 3.63) is 65.9 Å². The van der Waals surface area contributed by atoms with Crippen molar-refractivity contribution in [1.82, 2.24) is 9.88 Å². The first-order valence-electron chi connectivity index (χ1n) is 11.1. The predicted molar refractivity (Wildman–Crippen MR) is 141 cm³/mol. The summed E-state index contributed by atoms with van der Waals surface area (Å²) in [6, 6.07) is 14.7. The fourth-order valence-corrected chi connectivity index (χ4v) is 3.51. The first kappa shape index (κ1) is 24.9. The Bertz CT molecular complexity index is 1130. The summed E-state index contributed by atoms with van der Waals surface area (Å²) in [4.78, 5) is 23.6. The maximum absolute atomic E-state index is 13.0. The van der Waals surface area contributed by atoms with E-state index in [0.29, 0.717) is 34.1 Å². The molecule has 0 aliphatic heterocycles. The van der Waals surface area contributed by atoms with Gasteiger partial charge in [0.2, 0.25) is 0 Å². The number of nitrogens with zero attached hydrogens (tertiary/aromatic N) is 4. The Morgan fingerprint density at radius 1 is 0.971 bits per heavy atom. The maximum Gasteiger partial charge on any atom is 0.193 e. The van der Waals surface area contributed by atoms with E-state index in [9.17, 15) is 4.79 Å². The number of ketones is 1. The van der Waals surface area contributed by atoms with E-state index < -0.39 is 0 Å². The molecule has 3 rings (SSSR count). The van der Waals surface area contributed by atoms with Crippen LogP contribution in [0, 0.1) is 0 Å². The van der Waals surface area contributed by atoms with Gasteiger partial charge < -0.3 is 30.5 Å². The van der Waals surface area contributed by atoms with E-state index in [1.54, 1.807) is 25.4 Å². The molecule has 0 unspecified atom stereocenters. The van der Waals surface area contributed by atoms with Crippen LogP contribution in [0.1, 0.15) is 15.9 Å². The summed E-state index contributed by atoms with van der Waals surface area (Å²) in [5.41, 5.74) is 10.8. The van der Waals surface area contributed by atoms with Gasteiger partial charge in [0.25, 0.3) is 0 Å². The number of likely N-dealkylation sites (N-methyl/N-ethyl adjacent to an activating group) is 2. The highest BCUT2D eigenvalue weighted by Crippen LogP contribution is 2.36. The Morgan fingerprint density at radius 2 is 1.68 bits per heavy atom. The van der Waals surface area contributed by atoms with Crippen LogP contribution < -0.4 is 25.6 Å². The molecule has 34 heavy (non-hydrogen) atoms. The monoisotopic (exact) mass is 462 g/mol. The summed E-state index contributed by atoms with van der Waals surface area (Å²) >= 11 is 0. The number of carbonyl (C=O) groups is 1. The Hall–Kier alpha value is -3.78. The second-order valence-corrected chi connectivity index (χ2v) is 8.66. The van der Waals surface area contributed by atoms with Gasteiger partial charge in [-0.3, -0.25) is 4.79 Å². The number of methoxy groups -OCH3 is 1. The third kappa shape index (κ3) is 5.96. The van der Waals surface area contributed by atoms with Crippen LogP contribution >= 0.6 is 0 Å². The van der Waals surface area contributed by atoms with Gasteiger partial charge in [0.1, 0.15) is 11.6 Å². The molecular formula is C26H34N6O2. The van der Waals surface area contributed by atoms with Gasteiger partial charge in [-0.15, -0.1) is 0 Å². The van der Waals surface area contributed by atoms with Crippen molar-refractivity contribution in [3.63, 3.8) is 0 Å². The maximum atomic E-state index is 13.0. The average Bonchev–Trinajstić information content (AvgIpc) is 2.82. The van der Waals surface area contributed by atoms with Crippen LogP contribution in [0.4, 0.5) is 28.6 Å². The molecule has 3 N–H and O–H groups in total. The Morgan fingerprint density at radius 3 is 2.29 bits per heavy atom. The minimum atomic E-state index is -0.0694. The number of carbonyl (C=O) groups excluding carboxylic acids is 1. The van der Waals surface area contributed by atoms with Crippen molar-refractivity contribution in [3.8, 4) is 5.75 Å². The number of hydrogen-bond acceptors (Lipinski definition) is 8. The second-order valence-electron chi connectivity index (χ2n) is 8.66. The van der Waals surface area contributed by atoms with E-state index >= 15 is 0 Å². The fraction of sp³-hybridized carbons (Fsp3) is 0.308. The molecule has 180 valence electrons. The number of nitrogen functional groups attached to an aromatic ring is 1. The highest BCUT2D eigenvalue weighted by Gasteiger charge is 2.15. The number of pyridine rings is 1. The molecule has 0 saturated heterocycles. The molecule has 8 nitrogen and oxygen atoms in total. The first-order chi connectivity index (χ1) is 16.2. The predicted octanol–water partition coefficient (Wildman–Crippen LogP) is 3.71. The van der Waals surface area contributed by atoms with Crippen LogP contribution in [-0.2, 0) is 0 Å². The SMILES string of the molecule is COc1cc(N(C)CCN(C)C)c(N)cc1Nc1cc(C(=O)c2ccc(N(C)C)cc2)ccn1. The van der Waals surface area contributed by atoms with Gasteiger partial charge >= 0.3 is 0 Å². The van der Waals surface area contributed by atoms with Crippen LogP contribution in [0.5, 0.6) is 5.75 Å². The number of nitrogens with one attached hydrogen (secondary N) is 1. The van der Waals surface area contributed by atoms with E-state index in [1.165, 1.54) is 0 Å². The Labute approximate surface area is 201 Å². The summed E-state index contributed by atoms with van der Waals surface area (Å²) in [5.74, 6) is 1.10. The minimum absolute atomic E-state index is 0.0694. The van der Waals surface area contributed by atoms with Crippen molar-refractivity contribution < 1.29 is 9.53 Å². The van der Waals surface area contributed by atoms with E-state index in [4.69, 9.17) is 10.5 Å². The molecule has 0 saturated carbocycles. The van der Waals surface area contributed by atoms with Gasteiger partial charge in [-0.25, -0.2) is 4.98 Å². The molecule has 0 aliphatic carbocycles. The number of aromatic nitrogens is 1. The fourth-order valence-electron chi connectivity index (χ4n) is 3.51. The third-order valence-corrected chi connectivity index (χ3v) is 5.57. The number of rotatable bonds is 10. The zero-order valence-corrected chi connectivity index (χ0v) is 20.8. The van der Waals surface area contributed by atoms with Gasteiger partial charge in [-0.2, -0.15) is 0 Å². The number of anilines is 5. The summed E-state index contributed by atoms with van der Waals surface area (Å²) in [5, 5.41) is 3.25. The first-order valence-corrected chi connectivity index (χ1v) is 11.1. The average molecular weight is 463 g/mol. The molecular weight excluding hydrogens is 428 g/mol. The number of ether oxygens (including phenoxy) is 1. The number of nitrogens with two attached hydrogens (primary N) is 1. The normalized spacial score (nSPS) is 10.8. The zero-order valence-electron chi connectivity index (χ0n) is 20.8. The van der Waals surface area contributed by atoms with E-state index in [0.717, 1.165) is 24.5 Å². The zero-order chi connectivity index (χ0) is 24.8. The standard InChI is InChI=1S/C26H34N6O2/c1-30(2)13-14-32(5)23-17-24(34-6)22(16-21(23)27)29-25-15-19(11-12-28-25)26(33)18-7-9-20(10-8-18)31(3)4/h7-12,15-17H,13-14,27H2,1-6H3,(H,28,29). The summed E-state index contributed by atoms with van der Waals surface area (Å²) in [7, 11) is 11.6. The van der Waals surface area contributed by atoms with Gasteiger partial charge in [0.05, 0.1) is 24.2 Å². The largest absolute Gasteiger partial charge is 0.494 e. The molecule has 0 spiro atoms. The molecule has 1 heterocycles. The van der Waals surface area contributed by atoms with Crippen LogP contribution in [-0.4, -0.2) is 71.1 Å². The van der Waals surface area contributed by atoms with Gasteiger partial charge in [0.15, 0.2) is 5.78 Å². The summed E-state index contributed by atoms with van der Waals surface area (Å²) in [6.07, 6.45) is 1.61. The van der Waals surface area contributed by atoms with Gasteiger partial charge in [-0.1, -0.05) is 0 Å². The lowest BCUT2D eigenvalue weighted by molar-refractivity contribution is 0.103. The van der Waals surface area contributed by atoms with E-state index in [-0.39, 0.29) is 5.78 Å². The molecule has 0 bridgehead atoms. The van der Waals surface area contributed by atoms with Gasteiger partial charge in [-0.05, 0) is 56.6 Å². The second kappa shape index (κ2) is 10.9. The van der Waals surface area contributed by atoms with Crippen molar-refractivity contribution in [2.75, 3.05) is 76.3 Å². The Balaban J connectivity index is 1.82. The van der Waals surface area contributed by atoms with Crippen LogP contribution in [0.2, 0.25) is 0 Å².